The van der Waals surface area contributed by atoms with Gasteiger partial charge in [-0.25, -0.2) is 0 Å². The van der Waals surface area contributed by atoms with E-state index in [0.29, 0.717) is 0 Å². The fraction of sp³-hybridized carbons (Fsp3) is 0. The summed E-state index contributed by atoms with van der Waals surface area (Å²) < 4.78 is 6.06. The normalized spacial score (nSPS) is 11.3. The molecular weight excluding hydrogens is 583 g/mol. The predicted octanol–water partition coefficient (Wildman–Crippen LogP) is 13.2. The zero-order valence-corrected chi connectivity index (χ0v) is 26.2. The quantitative estimate of drug-likeness (QED) is 0.202. The summed E-state index contributed by atoms with van der Waals surface area (Å²) in [5.41, 5.74) is 13.6. The Morgan fingerprint density at radius 2 is 0.792 bits per heavy atom. The van der Waals surface area contributed by atoms with Gasteiger partial charge in [0.1, 0.15) is 11.2 Å². The molecule has 0 atom stereocenters. The van der Waals surface area contributed by atoms with Gasteiger partial charge >= 0.3 is 0 Å². The summed E-state index contributed by atoms with van der Waals surface area (Å²) in [7, 11) is 0. The minimum atomic E-state index is 0.888. The molecule has 2 heteroatoms. The third-order valence-corrected chi connectivity index (χ3v) is 9.32. The van der Waals surface area contributed by atoms with Gasteiger partial charge in [0.15, 0.2) is 0 Å². The van der Waals surface area contributed by atoms with Crippen LogP contribution in [-0.4, -0.2) is 0 Å². The van der Waals surface area contributed by atoms with Crippen molar-refractivity contribution in [2.45, 2.75) is 0 Å². The minimum Gasteiger partial charge on any atom is -0.456 e. The Kier molecular flexibility index (Phi) is 6.84. The van der Waals surface area contributed by atoms with Gasteiger partial charge in [0.05, 0.1) is 11.1 Å². The summed E-state index contributed by atoms with van der Waals surface area (Å²) in [6, 6.07) is 64.6. The molecule has 1 N–H and O–H groups in total. The van der Waals surface area contributed by atoms with Crippen molar-refractivity contribution in [2.24, 2.45) is 0 Å². The zero-order chi connectivity index (χ0) is 31.9. The zero-order valence-electron chi connectivity index (χ0n) is 26.2. The topological polar surface area (TPSA) is 25.2 Å². The van der Waals surface area contributed by atoms with Crippen LogP contribution in [0.15, 0.2) is 186 Å². The Balaban J connectivity index is 0.901. The van der Waals surface area contributed by atoms with Crippen molar-refractivity contribution in [2.75, 3.05) is 5.32 Å². The standard InChI is InChI=1S/C46H31NO/c1-2-9-40-37(7-1)8-5-11-41(40)38-25-23-35(24-26-38)33-17-15-31(16-18-33)32-19-21-34(22-20-32)36-27-29-39(30-28-36)47-43-12-6-14-45-46(43)42-10-3-4-13-44(42)48-45/h1-30,47H. The molecule has 1 aromatic heterocycles. The Morgan fingerprint density at radius 1 is 0.333 bits per heavy atom. The van der Waals surface area contributed by atoms with Crippen molar-refractivity contribution in [1.82, 2.24) is 0 Å². The van der Waals surface area contributed by atoms with Crippen LogP contribution in [0.1, 0.15) is 0 Å². The maximum atomic E-state index is 6.06. The number of benzene rings is 8. The fourth-order valence-corrected chi connectivity index (χ4v) is 6.81. The summed E-state index contributed by atoms with van der Waals surface area (Å²) in [4.78, 5) is 0. The average molecular weight is 614 g/mol. The number of rotatable bonds is 6. The highest BCUT2D eigenvalue weighted by Gasteiger charge is 2.11. The third-order valence-electron chi connectivity index (χ3n) is 9.32. The number of para-hydroxylation sites is 1. The SMILES string of the molecule is c1ccc2c(-c3ccc(-c4ccc(-c5ccc(-c6ccc(Nc7cccc8oc9ccccc9c78)cc6)cc5)cc4)cc3)cccc2c1. The third kappa shape index (κ3) is 5.10. The smallest absolute Gasteiger partial charge is 0.137 e. The summed E-state index contributed by atoms with van der Waals surface area (Å²) in [6.07, 6.45) is 0. The van der Waals surface area contributed by atoms with Crippen LogP contribution >= 0.6 is 0 Å². The predicted molar refractivity (Wildman–Crippen MR) is 203 cm³/mol. The van der Waals surface area contributed by atoms with Gasteiger partial charge < -0.3 is 9.73 Å². The second kappa shape index (κ2) is 11.8. The van der Waals surface area contributed by atoms with E-state index in [1.165, 1.54) is 55.3 Å². The first-order chi connectivity index (χ1) is 23.8. The van der Waals surface area contributed by atoms with Gasteiger partial charge in [-0.05, 0) is 85.6 Å². The molecule has 0 aliphatic carbocycles. The summed E-state index contributed by atoms with van der Waals surface area (Å²) in [6.45, 7) is 0. The Bertz CT molecular complexity index is 2540. The maximum Gasteiger partial charge on any atom is 0.137 e. The molecule has 1 heterocycles. The van der Waals surface area contributed by atoms with Crippen molar-refractivity contribution in [3.63, 3.8) is 0 Å². The molecule has 226 valence electrons. The molecule has 0 aliphatic rings. The van der Waals surface area contributed by atoms with Crippen molar-refractivity contribution < 1.29 is 4.42 Å². The van der Waals surface area contributed by atoms with Crippen LogP contribution in [0.5, 0.6) is 0 Å². The van der Waals surface area contributed by atoms with Crippen LogP contribution in [0, 0.1) is 0 Å². The van der Waals surface area contributed by atoms with E-state index in [1.54, 1.807) is 0 Å². The molecule has 0 saturated carbocycles. The van der Waals surface area contributed by atoms with Gasteiger partial charge in [0.2, 0.25) is 0 Å². The summed E-state index contributed by atoms with van der Waals surface area (Å²) >= 11 is 0. The number of hydrogen-bond acceptors (Lipinski definition) is 2. The number of furan rings is 1. The highest BCUT2D eigenvalue weighted by molar-refractivity contribution is 6.12. The minimum absolute atomic E-state index is 0.888. The molecule has 9 rings (SSSR count). The van der Waals surface area contributed by atoms with E-state index in [1.807, 2.05) is 24.3 Å². The molecule has 0 fully saturated rings. The molecule has 9 aromatic rings. The molecule has 8 aromatic carbocycles. The first-order valence-corrected chi connectivity index (χ1v) is 16.3. The number of nitrogens with one attached hydrogen (secondary N) is 1. The molecule has 0 bridgehead atoms. The highest BCUT2D eigenvalue weighted by Crippen LogP contribution is 2.36. The van der Waals surface area contributed by atoms with Crippen LogP contribution in [0.3, 0.4) is 0 Å². The number of hydrogen-bond donors (Lipinski definition) is 1. The van der Waals surface area contributed by atoms with Crippen LogP contribution in [0.25, 0.3) is 77.2 Å². The lowest BCUT2D eigenvalue weighted by Gasteiger charge is -2.10. The van der Waals surface area contributed by atoms with Gasteiger partial charge in [-0.15, -0.1) is 0 Å². The molecule has 0 saturated heterocycles. The monoisotopic (exact) mass is 613 g/mol. The number of fused-ring (bicyclic) bond motifs is 4. The Hall–Kier alpha value is -6.38. The molecule has 0 aliphatic heterocycles. The molecular formula is C46H31NO. The molecule has 0 spiro atoms. The fourth-order valence-electron chi connectivity index (χ4n) is 6.81. The van der Waals surface area contributed by atoms with Gasteiger partial charge in [0, 0.05) is 11.1 Å². The molecule has 0 unspecified atom stereocenters. The van der Waals surface area contributed by atoms with E-state index < -0.39 is 0 Å². The van der Waals surface area contributed by atoms with Crippen molar-refractivity contribution in [1.29, 1.82) is 0 Å². The van der Waals surface area contributed by atoms with E-state index in [2.05, 4.69) is 163 Å². The van der Waals surface area contributed by atoms with Crippen molar-refractivity contribution in [3.8, 4) is 44.5 Å². The summed E-state index contributed by atoms with van der Waals surface area (Å²) in [5.74, 6) is 0. The van der Waals surface area contributed by atoms with E-state index in [-0.39, 0.29) is 0 Å². The number of anilines is 2. The van der Waals surface area contributed by atoms with Crippen LogP contribution < -0.4 is 5.32 Å². The van der Waals surface area contributed by atoms with Crippen LogP contribution in [-0.2, 0) is 0 Å². The largest absolute Gasteiger partial charge is 0.456 e. The van der Waals surface area contributed by atoms with E-state index in [9.17, 15) is 0 Å². The molecule has 0 radical (unpaired) electrons. The second-order valence-electron chi connectivity index (χ2n) is 12.2. The van der Waals surface area contributed by atoms with Crippen molar-refractivity contribution >= 4 is 44.1 Å². The van der Waals surface area contributed by atoms with Gasteiger partial charge in [-0.2, -0.15) is 0 Å². The van der Waals surface area contributed by atoms with E-state index in [4.69, 9.17) is 4.42 Å². The Morgan fingerprint density at radius 3 is 1.42 bits per heavy atom. The lowest BCUT2D eigenvalue weighted by Crippen LogP contribution is -1.91. The van der Waals surface area contributed by atoms with Crippen LogP contribution in [0.2, 0.25) is 0 Å². The Labute approximate surface area is 279 Å². The molecule has 2 nitrogen and oxygen atoms in total. The maximum absolute atomic E-state index is 6.06. The van der Waals surface area contributed by atoms with Gasteiger partial charge in [-0.1, -0.05) is 152 Å². The first-order valence-electron chi connectivity index (χ1n) is 16.3. The lowest BCUT2D eigenvalue weighted by molar-refractivity contribution is 0.669. The average Bonchev–Trinajstić information content (AvgIpc) is 3.55. The highest BCUT2D eigenvalue weighted by atomic mass is 16.3. The lowest BCUT2D eigenvalue weighted by atomic mass is 9.95. The molecule has 0 amide bonds. The van der Waals surface area contributed by atoms with Gasteiger partial charge in [-0.3, -0.25) is 0 Å². The second-order valence-corrected chi connectivity index (χ2v) is 12.2. The van der Waals surface area contributed by atoms with Crippen molar-refractivity contribution in [3.05, 3.63) is 182 Å². The molecule has 48 heavy (non-hydrogen) atoms. The van der Waals surface area contributed by atoms with E-state index >= 15 is 0 Å². The first kappa shape index (κ1) is 27.9. The summed E-state index contributed by atoms with van der Waals surface area (Å²) in [5, 5.41) is 8.38. The van der Waals surface area contributed by atoms with Gasteiger partial charge in [0.25, 0.3) is 0 Å². The van der Waals surface area contributed by atoms with E-state index in [0.717, 1.165) is 33.3 Å². The van der Waals surface area contributed by atoms with Crippen LogP contribution in [0.4, 0.5) is 11.4 Å².